The number of rotatable bonds is 4. The van der Waals surface area contributed by atoms with Gasteiger partial charge in [-0.2, -0.15) is 11.8 Å². The van der Waals surface area contributed by atoms with Crippen molar-refractivity contribution >= 4 is 50.7 Å². The lowest BCUT2D eigenvalue weighted by molar-refractivity contribution is 0.0527. The van der Waals surface area contributed by atoms with Crippen molar-refractivity contribution in [3.05, 3.63) is 69.8 Å². The quantitative estimate of drug-likeness (QED) is 0.315. The molecule has 0 spiro atoms. The Morgan fingerprint density at radius 3 is 2.59 bits per heavy atom. The van der Waals surface area contributed by atoms with Crippen molar-refractivity contribution in [2.75, 3.05) is 12.4 Å². The number of halogens is 1. The number of hydrogen-bond donors (Lipinski definition) is 0. The Kier molecular flexibility index (Phi) is 7.43. The lowest BCUT2D eigenvalue weighted by atomic mass is 9.89. The van der Waals surface area contributed by atoms with Gasteiger partial charge >= 0.3 is 12.1 Å². The summed E-state index contributed by atoms with van der Waals surface area (Å²) in [5.74, 6) is 0.828. The predicted octanol–water partition coefficient (Wildman–Crippen LogP) is 7.72. The summed E-state index contributed by atoms with van der Waals surface area (Å²) in [5.41, 5.74) is 2.62. The molecule has 0 bridgehead atoms. The van der Waals surface area contributed by atoms with Gasteiger partial charge in [0, 0.05) is 21.3 Å². The number of esters is 1. The number of carbonyl (C=O) groups is 2. The minimum atomic E-state index is -0.660. The fourth-order valence-electron chi connectivity index (χ4n) is 4.48. The van der Waals surface area contributed by atoms with Gasteiger partial charge in [-0.1, -0.05) is 46.3 Å². The van der Waals surface area contributed by atoms with E-state index >= 15 is 0 Å². The third-order valence-electron chi connectivity index (χ3n) is 5.88. The number of fused-ring (bicyclic) bond motifs is 1. The standard InChI is InChI=1S/C27H30BrNO4S/c1-5-32-25(30)21-15-19(28)14-20-22(16-29(24(20)21)26(31)33-27(2,3)4)18-11-12-34-23(13-18)17-9-7-6-8-10-17/h6-10,14-16,18,23H,5,11-13H2,1-4H3. The molecule has 1 aliphatic rings. The molecule has 0 amide bonds. The van der Waals surface area contributed by atoms with E-state index in [4.69, 9.17) is 9.47 Å². The number of ether oxygens (including phenoxy) is 2. The molecule has 2 unspecified atom stereocenters. The van der Waals surface area contributed by atoms with E-state index in [2.05, 4.69) is 40.2 Å². The maximum absolute atomic E-state index is 13.2. The van der Waals surface area contributed by atoms with Gasteiger partial charge in [0.15, 0.2) is 0 Å². The van der Waals surface area contributed by atoms with Crippen molar-refractivity contribution < 1.29 is 19.1 Å². The van der Waals surface area contributed by atoms with E-state index in [1.807, 2.05) is 50.9 Å². The molecule has 2 heterocycles. The van der Waals surface area contributed by atoms with Gasteiger partial charge in [-0.25, -0.2) is 9.59 Å². The summed E-state index contributed by atoms with van der Waals surface area (Å²) >= 11 is 5.54. The first kappa shape index (κ1) is 24.9. The average Bonchev–Trinajstić information content (AvgIpc) is 3.18. The predicted molar refractivity (Wildman–Crippen MR) is 141 cm³/mol. The summed E-state index contributed by atoms with van der Waals surface area (Å²) < 4.78 is 13.3. The highest BCUT2D eigenvalue weighted by Gasteiger charge is 2.31. The van der Waals surface area contributed by atoms with Crippen LogP contribution in [-0.2, 0) is 9.47 Å². The molecular formula is C27H30BrNO4S. The molecule has 0 radical (unpaired) electrons. The van der Waals surface area contributed by atoms with Gasteiger partial charge in [0.25, 0.3) is 0 Å². The fraction of sp³-hybridized carbons (Fsp3) is 0.407. The van der Waals surface area contributed by atoms with Crippen molar-refractivity contribution in [2.45, 2.75) is 57.3 Å². The van der Waals surface area contributed by atoms with Crippen LogP contribution >= 0.6 is 27.7 Å². The molecule has 0 aliphatic carbocycles. The second kappa shape index (κ2) is 10.2. The molecular weight excluding hydrogens is 514 g/mol. The van der Waals surface area contributed by atoms with E-state index < -0.39 is 17.7 Å². The van der Waals surface area contributed by atoms with Crippen molar-refractivity contribution in [3.63, 3.8) is 0 Å². The van der Waals surface area contributed by atoms with Crippen molar-refractivity contribution in [1.82, 2.24) is 4.57 Å². The number of hydrogen-bond acceptors (Lipinski definition) is 5. The highest BCUT2D eigenvalue weighted by molar-refractivity contribution is 9.10. The van der Waals surface area contributed by atoms with E-state index in [0.717, 1.165) is 34.0 Å². The van der Waals surface area contributed by atoms with Gasteiger partial charge in [-0.05, 0) is 75.5 Å². The van der Waals surface area contributed by atoms with Gasteiger partial charge < -0.3 is 9.47 Å². The van der Waals surface area contributed by atoms with Gasteiger partial charge in [0.05, 0.1) is 17.7 Å². The minimum absolute atomic E-state index is 0.252. The number of benzene rings is 2. The monoisotopic (exact) mass is 543 g/mol. The maximum atomic E-state index is 13.2. The van der Waals surface area contributed by atoms with Gasteiger partial charge in [0.2, 0.25) is 0 Å². The number of nitrogens with zero attached hydrogens (tertiary/aromatic N) is 1. The molecule has 3 aromatic rings. The minimum Gasteiger partial charge on any atom is -0.462 e. The van der Waals surface area contributed by atoms with Crippen LogP contribution in [0.4, 0.5) is 4.79 Å². The van der Waals surface area contributed by atoms with Crippen LogP contribution in [0.3, 0.4) is 0 Å². The summed E-state index contributed by atoms with van der Waals surface area (Å²) in [6.45, 7) is 7.54. The Bertz CT molecular complexity index is 1200. The van der Waals surface area contributed by atoms with Crippen molar-refractivity contribution in [3.8, 4) is 0 Å². The van der Waals surface area contributed by atoms with Gasteiger partial charge in [-0.3, -0.25) is 4.57 Å². The Morgan fingerprint density at radius 2 is 1.91 bits per heavy atom. The number of aromatic nitrogens is 1. The second-order valence-electron chi connectivity index (χ2n) is 9.50. The highest BCUT2D eigenvalue weighted by Crippen LogP contribution is 2.47. The van der Waals surface area contributed by atoms with Crippen molar-refractivity contribution in [2.24, 2.45) is 0 Å². The maximum Gasteiger partial charge on any atom is 0.419 e. The SMILES string of the molecule is CCOC(=O)c1cc(Br)cc2c(C3CCSC(c4ccccc4)C3)cn(C(=O)OC(C)(C)C)c12. The smallest absolute Gasteiger partial charge is 0.419 e. The van der Waals surface area contributed by atoms with Crippen LogP contribution in [0.15, 0.2) is 53.1 Å². The second-order valence-corrected chi connectivity index (χ2v) is 11.7. The molecule has 1 aliphatic heterocycles. The molecule has 34 heavy (non-hydrogen) atoms. The van der Waals surface area contributed by atoms with Crippen molar-refractivity contribution in [1.29, 1.82) is 0 Å². The van der Waals surface area contributed by atoms with Crippen LogP contribution in [0, 0.1) is 0 Å². The Morgan fingerprint density at radius 1 is 1.18 bits per heavy atom. The average molecular weight is 545 g/mol. The molecule has 2 aromatic carbocycles. The highest BCUT2D eigenvalue weighted by atomic mass is 79.9. The van der Waals surface area contributed by atoms with Crippen LogP contribution in [-0.4, -0.2) is 34.6 Å². The first-order valence-electron chi connectivity index (χ1n) is 11.6. The Hall–Kier alpha value is -2.25. The zero-order valence-corrected chi connectivity index (χ0v) is 22.4. The lowest BCUT2D eigenvalue weighted by Gasteiger charge is -2.29. The zero-order chi connectivity index (χ0) is 24.5. The van der Waals surface area contributed by atoms with E-state index in [0.29, 0.717) is 16.3 Å². The molecule has 1 saturated heterocycles. The summed E-state index contributed by atoms with van der Waals surface area (Å²) in [5, 5.41) is 1.27. The summed E-state index contributed by atoms with van der Waals surface area (Å²) in [7, 11) is 0. The molecule has 4 rings (SSSR count). The summed E-state index contributed by atoms with van der Waals surface area (Å²) in [6, 6.07) is 14.3. The van der Waals surface area contributed by atoms with E-state index in [1.165, 1.54) is 10.1 Å². The van der Waals surface area contributed by atoms with Crippen LogP contribution in [0.5, 0.6) is 0 Å². The lowest BCUT2D eigenvalue weighted by Crippen LogP contribution is -2.27. The topological polar surface area (TPSA) is 57.5 Å². The summed E-state index contributed by atoms with van der Waals surface area (Å²) in [4.78, 5) is 26.1. The molecule has 7 heteroatoms. The van der Waals surface area contributed by atoms with Gasteiger partial charge in [-0.15, -0.1) is 0 Å². The molecule has 1 aromatic heterocycles. The normalized spacial score (nSPS) is 18.6. The van der Waals surface area contributed by atoms with Crippen LogP contribution in [0.25, 0.3) is 10.9 Å². The molecule has 5 nitrogen and oxygen atoms in total. The largest absolute Gasteiger partial charge is 0.462 e. The van der Waals surface area contributed by atoms with E-state index in [1.54, 1.807) is 13.0 Å². The van der Waals surface area contributed by atoms with Crippen LogP contribution in [0.1, 0.15) is 73.2 Å². The first-order valence-corrected chi connectivity index (χ1v) is 13.4. The fourth-order valence-corrected chi connectivity index (χ4v) is 6.36. The molecule has 2 atom stereocenters. The Labute approximate surface area is 213 Å². The molecule has 180 valence electrons. The third kappa shape index (κ3) is 5.36. The zero-order valence-electron chi connectivity index (χ0n) is 20.0. The van der Waals surface area contributed by atoms with E-state index in [9.17, 15) is 9.59 Å². The first-order chi connectivity index (χ1) is 16.2. The third-order valence-corrected chi connectivity index (χ3v) is 7.67. The van der Waals surface area contributed by atoms with E-state index in [-0.39, 0.29) is 12.5 Å². The molecule has 1 fully saturated rings. The number of thioether (sulfide) groups is 1. The molecule has 0 N–H and O–H groups in total. The Balaban J connectivity index is 1.83. The van der Waals surface area contributed by atoms with Crippen LogP contribution in [0.2, 0.25) is 0 Å². The molecule has 0 saturated carbocycles. The van der Waals surface area contributed by atoms with Gasteiger partial charge in [0.1, 0.15) is 5.60 Å². The summed E-state index contributed by atoms with van der Waals surface area (Å²) in [6.07, 6.45) is 3.34. The van der Waals surface area contributed by atoms with Crippen LogP contribution < -0.4 is 0 Å². The number of carbonyl (C=O) groups excluding carboxylic acids is 2.